The fourth-order valence-corrected chi connectivity index (χ4v) is 4.33. The van der Waals surface area contributed by atoms with Crippen LogP contribution in [0.3, 0.4) is 0 Å². The van der Waals surface area contributed by atoms with Crippen LogP contribution in [0.2, 0.25) is 0 Å². The van der Waals surface area contributed by atoms with E-state index in [0.29, 0.717) is 32.8 Å². The third kappa shape index (κ3) is 12.1. The van der Waals surface area contributed by atoms with E-state index in [1.807, 2.05) is 43.3 Å². The molecule has 5 rings (SSSR count). The van der Waals surface area contributed by atoms with Gasteiger partial charge in [0, 0.05) is 6.61 Å². The fourth-order valence-electron chi connectivity index (χ4n) is 4.33. The Balaban J connectivity index is 0.000000185. The number of hydrogen-bond donors (Lipinski definition) is 2. The predicted octanol–water partition coefficient (Wildman–Crippen LogP) is 1.88. The third-order valence-corrected chi connectivity index (χ3v) is 7.17. The summed E-state index contributed by atoms with van der Waals surface area (Å²) in [6.07, 6.45) is 5.06. The molecule has 4 N–H and O–H groups in total. The molecule has 3 saturated heterocycles. The van der Waals surface area contributed by atoms with Gasteiger partial charge in [0.05, 0.1) is 32.3 Å². The molecule has 1 saturated carbocycles. The van der Waals surface area contributed by atoms with Crippen LogP contribution < -0.4 is 11.5 Å². The first-order valence-electron chi connectivity index (χ1n) is 15.1. The maximum Gasteiger partial charge on any atom is 0.411 e. The zero-order valence-electron chi connectivity index (χ0n) is 25.5. The van der Waals surface area contributed by atoms with E-state index in [2.05, 4.69) is 0 Å². The van der Waals surface area contributed by atoms with Crippen molar-refractivity contribution in [2.24, 2.45) is 11.5 Å². The molecule has 4 aliphatic rings. The summed E-state index contributed by atoms with van der Waals surface area (Å²) in [5.41, 5.74) is 11.0. The van der Waals surface area contributed by atoms with Crippen LogP contribution >= 0.6 is 0 Å². The largest absolute Gasteiger partial charge is 0.447 e. The van der Waals surface area contributed by atoms with E-state index in [-0.39, 0.29) is 31.5 Å². The number of carbonyl (C=O) groups is 5. The van der Waals surface area contributed by atoms with E-state index < -0.39 is 36.1 Å². The molecule has 0 radical (unpaired) electrons. The Morgan fingerprint density at radius 2 is 1.40 bits per heavy atom. The minimum absolute atomic E-state index is 0.0420. The summed E-state index contributed by atoms with van der Waals surface area (Å²) in [5.74, 6) is -0.938. The first-order valence-corrected chi connectivity index (χ1v) is 15.1. The van der Waals surface area contributed by atoms with Gasteiger partial charge in [0.15, 0.2) is 0 Å². The number of nitrogens with two attached hydrogens (primary N) is 2. The Bertz CT molecular complexity index is 1200. The molecule has 1 aromatic carbocycles. The Labute approximate surface area is 262 Å². The second-order valence-corrected chi connectivity index (χ2v) is 10.8. The SMILES string of the molecule is CCCOCCOC(=O)N1CC1C#N.NC(=O)C1CN1C(=O)OC1CCCCC1.NC(=O)C1CN1C(=O)OCc1ccccc1. The van der Waals surface area contributed by atoms with Gasteiger partial charge in [0.1, 0.15) is 37.4 Å². The van der Waals surface area contributed by atoms with Gasteiger partial charge in [-0.2, -0.15) is 5.26 Å². The summed E-state index contributed by atoms with van der Waals surface area (Å²) in [6, 6.07) is 10.1. The van der Waals surface area contributed by atoms with E-state index in [4.69, 9.17) is 35.7 Å². The highest BCUT2D eigenvalue weighted by Gasteiger charge is 2.45. The van der Waals surface area contributed by atoms with Gasteiger partial charge in [-0.1, -0.05) is 43.7 Å². The minimum Gasteiger partial charge on any atom is -0.447 e. The van der Waals surface area contributed by atoms with Gasteiger partial charge in [0.25, 0.3) is 0 Å². The molecular formula is C30H42N6O9. The molecule has 4 fully saturated rings. The van der Waals surface area contributed by atoms with Crippen molar-refractivity contribution in [3.05, 3.63) is 35.9 Å². The molecule has 5 amide bonds. The van der Waals surface area contributed by atoms with Crippen LogP contribution in [0.1, 0.15) is 51.0 Å². The van der Waals surface area contributed by atoms with Crippen LogP contribution in [0.15, 0.2) is 30.3 Å². The normalized spacial score (nSPS) is 21.0. The molecule has 1 aliphatic carbocycles. The monoisotopic (exact) mass is 630 g/mol. The van der Waals surface area contributed by atoms with Crippen LogP contribution in [0.5, 0.6) is 0 Å². The quantitative estimate of drug-likeness (QED) is 0.218. The van der Waals surface area contributed by atoms with E-state index in [1.54, 1.807) is 0 Å². The maximum absolute atomic E-state index is 11.5. The lowest BCUT2D eigenvalue weighted by Crippen LogP contribution is -2.28. The van der Waals surface area contributed by atoms with E-state index >= 15 is 0 Å². The number of primary amides is 2. The molecule has 15 nitrogen and oxygen atoms in total. The highest BCUT2D eigenvalue weighted by molar-refractivity contribution is 5.89. The van der Waals surface area contributed by atoms with Crippen molar-refractivity contribution in [1.29, 1.82) is 5.26 Å². The Morgan fingerprint density at radius 3 is 1.93 bits per heavy atom. The molecule has 3 unspecified atom stereocenters. The van der Waals surface area contributed by atoms with Crippen LogP contribution in [0.4, 0.5) is 14.4 Å². The Morgan fingerprint density at radius 1 is 0.800 bits per heavy atom. The standard InChI is InChI=1S/C11H12N2O3.C10H16N2O3.C9H14N2O3/c12-10(14)9-6-13(9)11(15)16-7-8-4-2-1-3-5-8;11-9(13)8-6-12(8)10(14)15-7-4-2-1-3-5-7;1-2-3-13-4-5-14-9(12)11-7-8(11)6-10/h1-5,9H,6-7H2,(H2,12,14);7-8H,1-6H2,(H2,11,13);8H,2-5,7H2,1H3. The van der Waals surface area contributed by atoms with Gasteiger partial charge < -0.3 is 30.4 Å². The van der Waals surface area contributed by atoms with Crippen LogP contribution in [-0.2, 0) is 35.1 Å². The molecule has 3 aliphatic heterocycles. The molecule has 3 heterocycles. The van der Waals surface area contributed by atoms with E-state index in [0.717, 1.165) is 37.7 Å². The second kappa shape index (κ2) is 17.6. The molecule has 246 valence electrons. The number of benzene rings is 1. The second-order valence-electron chi connectivity index (χ2n) is 10.8. The molecule has 0 spiro atoms. The fraction of sp³-hybridized carbons (Fsp3) is 0.600. The number of amides is 5. The topological polar surface area (TPSA) is 207 Å². The number of carbonyl (C=O) groups excluding carboxylic acids is 5. The number of hydrogen-bond acceptors (Lipinski definition) is 10. The molecule has 0 bridgehead atoms. The first-order chi connectivity index (χ1) is 21.7. The summed E-state index contributed by atoms with van der Waals surface area (Å²) in [4.78, 5) is 59.5. The van der Waals surface area contributed by atoms with Crippen molar-refractivity contribution >= 4 is 30.1 Å². The molecule has 45 heavy (non-hydrogen) atoms. The number of nitriles is 1. The summed E-state index contributed by atoms with van der Waals surface area (Å²) < 4.78 is 20.3. The minimum atomic E-state index is -0.493. The zero-order chi connectivity index (χ0) is 32.8. The van der Waals surface area contributed by atoms with Crippen LogP contribution in [0, 0.1) is 11.3 Å². The first kappa shape index (κ1) is 34.9. The van der Waals surface area contributed by atoms with E-state index in [9.17, 15) is 24.0 Å². The van der Waals surface area contributed by atoms with Gasteiger partial charge in [-0.05, 0) is 37.7 Å². The summed E-state index contributed by atoms with van der Waals surface area (Å²) in [7, 11) is 0. The third-order valence-electron chi connectivity index (χ3n) is 7.17. The maximum atomic E-state index is 11.5. The molecule has 1 aromatic rings. The summed E-state index contributed by atoms with van der Waals surface area (Å²) in [5, 5.41) is 8.44. The highest BCUT2D eigenvalue weighted by atomic mass is 16.6. The average molecular weight is 631 g/mol. The van der Waals surface area contributed by atoms with Crippen molar-refractivity contribution in [2.75, 3.05) is 39.5 Å². The van der Waals surface area contributed by atoms with Crippen LogP contribution in [-0.4, -0.2) is 108 Å². The lowest BCUT2D eigenvalue weighted by atomic mass is 9.98. The molecule has 0 aromatic heterocycles. The smallest absolute Gasteiger partial charge is 0.411 e. The van der Waals surface area contributed by atoms with Gasteiger partial charge in [-0.25, -0.2) is 14.4 Å². The van der Waals surface area contributed by atoms with Crippen LogP contribution in [0.25, 0.3) is 0 Å². The Hall–Kier alpha value is -4.58. The van der Waals surface area contributed by atoms with Gasteiger partial charge >= 0.3 is 18.3 Å². The van der Waals surface area contributed by atoms with Gasteiger partial charge in [-0.3, -0.25) is 24.3 Å². The number of nitrogens with zero attached hydrogens (tertiary/aromatic N) is 4. The van der Waals surface area contributed by atoms with Crippen molar-refractivity contribution in [3.63, 3.8) is 0 Å². The van der Waals surface area contributed by atoms with Crippen molar-refractivity contribution < 1.29 is 42.9 Å². The van der Waals surface area contributed by atoms with Crippen molar-refractivity contribution in [2.45, 2.75) is 76.3 Å². The van der Waals surface area contributed by atoms with Crippen molar-refractivity contribution in [3.8, 4) is 6.07 Å². The predicted molar refractivity (Wildman–Crippen MR) is 158 cm³/mol. The van der Waals surface area contributed by atoms with E-state index in [1.165, 1.54) is 21.1 Å². The highest BCUT2D eigenvalue weighted by Crippen LogP contribution is 2.24. The van der Waals surface area contributed by atoms with Crippen molar-refractivity contribution in [1.82, 2.24) is 14.7 Å². The Kier molecular flexibility index (Phi) is 13.7. The zero-order valence-corrected chi connectivity index (χ0v) is 25.5. The lowest BCUT2D eigenvalue weighted by Gasteiger charge is -2.21. The van der Waals surface area contributed by atoms with Gasteiger partial charge in [0.2, 0.25) is 11.8 Å². The molecular weight excluding hydrogens is 588 g/mol. The molecule has 3 atom stereocenters. The number of rotatable bonds is 10. The molecule has 15 heteroatoms. The average Bonchev–Trinajstić information content (AvgIpc) is 3.91. The van der Waals surface area contributed by atoms with Gasteiger partial charge in [-0.15, -0.1) is 0 Å². The lowest BCUT2D eigenvalue weighted by molar-refractivity contribution is -0.119. The summed E-state index contributed by atoms with van der Waals surface area (Å²) >= 11 is 0. The summed E-state index contributed by atoms with van der Waals surface area (Å²) in [6.45, 7) is 4.86. The number of ether oxygens (including phenoxy) is 4.